The van der Waals surface area contributed by atoms with Gasteiger partial charge in [0.2, 0.25) is 0 Å². The van der Waals surface area contributed by atoms with Crippen LogP contribution in [0.2, 0.25) is 0 Å². The van der Waals surface area contributed by atoms with Gasteiger partial charge in [0.15, 0.2) is 0 Å². The lowest BCUT2D eigenvalue weighted by Gasteiger charge is -2.08. The Morgan fingerprint density at radius 2 is 2.33 bits per heavy atom. The van der Waals surface area contributed by atoms with E-state index in [1.165, 1.54) is 6.08 Å². The van der Waals surface area contributed by atoms with Crippen molar-refractivity contribution in [2.75, 3.05) is 0 Å². The van der Waals surface area contributed by atoms with E-state index in [-0.39, 0.29) is 0 Å². The molecule has 0 aromatic heterocycles. The zero-order valence-electron chi connectivity index (χ0n) is 5.45. The minimum atomic E-state index is -0.472. The van der Waals surface area contributed by atoms with E-state index < -0.39 is 12.2 Å². The predicted molar refractivity (Wildman–Crippen MR) is 34.0 cm³/mol. The van der Waals surface area contributed by atoms with Crippen LogP contribution in [0.4, 0.5) is 0 Å². The summed E-state index contributed by atoms with van der Waals surface area (Å²) in [4.78, 5) is 3.93. The van der Waals surface area contributed by atoms with Crippen LogP contribution in [0.1, 0.15) is 13.3 Å². The van der Waals surface area contributed by atoms with Crippen LogP contribution in [0.25, 0.3) is 0 Å². The molecule has 3 nitrogen and oxygen atoms in total. The molecule has 0 amide bonds. The highest BCUT2D eigenvalue weighted by atomic mass is 17.1. The van der Waals surface area contributed by atoms with Crippen molar-refractivity contribution in [3.8, 4) is 0 Å². The largest absolute Gasteiger partial charge is 0.393 e. The van der Waals surface area contributed by atoms with Crippen LogP contribution in [-0.4, -0.2) is 22.6 Å². The standard InChI is InChI=1S/C6H12O3/c1-3-6(9-8)4-5(2)7/h3,5-8H,1,4H2,2H3/t5-,6-/m1/s1. The first kappa shape index (κ1) is 8.62. The molecule has 0 fully saturated rings. The van der Waals surface area contributed by atoms with Crippen LogP contribution < -0.4 is 0 Å². The van der Waals surface area contributed by atoms with Crippen LogP contribution in [0.5, 0.6) is 0 Å². The second-order valence-electron chi connectivity index (χ2n) is 1.96. The quantitative estimate of drug-likeness (QED) is 0.338. The monoisotopic (exact) mass is 132 g/mol. The third-order valence-corrected chi connectivity index (χ3v) is 0.972. The molecule has 0 aromatic rings. The SMILES string of the molecule is C=C[C@H](C[C@@H](C)O)OO. The minimum Gasteiger partial charge on any atom is -0.393 e. The molecule has 9 heavy (non-hydrogen) atoms. The van der Waals surface area contributed by atoms with E-state index in [0.717, 1.165) is 0 Å². The van der Waals surface area contributed by atoms with Gasteiger partial charge in [-0.05, 0) is 6.92 Å². The van der Waals surface area contributed by atoms with Gasteiger partial charge in [0.05, 0.1) is 6.10 Å². The molecule has 0 spiro atoms. The third kappa shape index (κ3) is 4.14. The fourth-order valence-corrected chi connectivity index (χ4v) is 0.518. The normalized spacial score (nSPS) is 16.8. The molecule has 0 heterocycles. The summed E-state index contributed by atoms with van der Waals surface area (Å²) in [5.41, 5.74) is 0. The van der Waals surface area contributed by atoms with E-state index in [9.17, 15) is 0 Å². The molecule has 0 saturated carbocycles. The van der Waals surface area contributed by atoms with Gasteiger partial charge in [-0.25, -0.2) is 4.89 Å². The van der Waals surface area contributed by atoms with Crippen molar-refractivity contribution in [2.24, 2.45) is 0 Å². The highest BCUT2D eigenvalue weighted by Crippen LogP contribution is 2.00. The average molecular weight is 132 g/mol. The first-order valence-corrected chi connectivity index (χ1v) is 2.81. The molecule has 2 atom stereocenters. The minimum absolute atomic E-state index is 0.375. The fourth-order valence-electron chi connectivity index (χ4n) is 0.518. The fraction of sp³-hybridized carbons (Fsp3) is 0.667. The second kappa shape index (κ2) is 4.49. The van der Waals surface area contributed by atoms with Crippen molar-refractivity contribution in [3.63, 3.8) is 0 Å². The lowest BCUT2D eigenvalue weighted by atomic mass is 10.2. The Hall–Kier alpha value is -0.380. The summed E-state index contributed by atoms with van der Waals surface area (Å²) in [6.07, 6.45) is 0.886. The van der Waals surface area contributed by atoms with Crippen molar-refractivity contribution in [1.82, 2.24) is 0 Å². The van der Waals surface area contributed by atoms with Crippen LogP contribution >= 0.6 is 0 Å². The van der Waals surface area contributed by atoms with Crippen molar-refractivity contribution in [1.29, 1.82) is 0 Å². The van der Waals surface area contributed by atoms with Gasteiger partial charge in [0, 0.05) is 6.42 Å². The van der Waals surface area contributed by atoms with Gasteiger partial charge in [-0.3, -0.25) is 5.26 Å². The molecule has 54 valence electrons. The molecule has 0 aromatic carbocycles. The van der Waals surface area contributed by atoms with Gasteiger partial charge >= 0.3 is 0 Å². The zero-order valence-corrected chi connectivity index (χ0v) is 5.45. The van der Waals surface area contributed by atoms with Crippen LogP contribution in [0.15, 0.2) is 12.7 Å². The van der Waals surface area contributed by atoms with Crippen molar-refractivity contribution < 1.29 is 15.3 Å². The number of hydrogen-bond donors (Lipinski definition) is 2. The number of aliphatic hydroxyl groups excluding tert-OH is 1. The Morgan fingerprint density at radius 3 is 2.44 bits per heavy atom. The first-order valence-electron chi connectivity index (χ1n) is 2.81. The summed E-state index contributed by atoms with van der Waals surface area (Å²) in [6, 6.07) is 0. The molecule has 0 unspecified atom stereocenters. The molecule has 2 N–H and O–H groups in total. The Kier molecular flexibility index (Phi) is 4.30. The summed E-state index contributed by atoms with van der Waals surface area (Å²) < 4.78 is 0. The highest BCUT2D eigenvalue weighted by molar-refractivity contribution is 4.79. The lowest BCUT2D eigenvalue weighted by molar-refractivity contribution is -0.269. The molecular formula is C6H12O3. The zero-order chi connectivity index (χ0) is 7.28. The van der Waals surface area contributed by atoms with Gasteiger partial charge in [0.25, 0.3) is 0 Å². The summed E-state index contributed by atoms with van der Waals surface area (Å²) in [5.74, 6) is 0. The predicted octanol–water partition coefficient (Wildman–Crippen LogP) is 0.801. The molecule has 0 aliphatic carbocycles. The number of rotatable bonds is 4. The first-order chi connectivity index (χ1) is 4.20. The maximum absolute atomic E-state index is 8.75. The van der Waals surface area contributed by atoms with Crippen LogP contribution in [0.3, 0.4) is 0 Å². The Morgan fingerprint density at radius 1 is 1.78 bits per heavy atom. The van der Waals surface area contributed by atoms with E-state index >= 15 is 0 Å². The molecule has 0 rings (SSSR count). The average Bonchev–Trinajstić information content (AvgIpc) is 1.82. The lowest BCUT2D eigenvalue weighted by Crippen LogP contribution is -2.14. The van der Waals surface area contributed by atoms with E-state index in [2.05, 4.69) is 11.5 Å². The summed E-state index contributed by atoms with van der Waals surface area (Å²) in [6.45, 7) is 5.01. The maximum Gasteiger partial charge on any atom is 0.113 e. The number of aliphatic hydroxyl groups is 1. The van der Waals surface area contributed by atoms with Gasteiger partial charge < -0.3 is 5.11 Å². The highest BCUT2D eigenvalue weighted by Gasteiger charge is 2.06. The van der Waals surface area contributed by atoms with Crippen LogP contribution in [-0.2, 0) is 4.89 Å². The third-order valence-electron chi connectivity index (χ3n) is 0.972. The summed E-state index contributed by atoms with van der Waals surface area (Å²) in [5, 5.41) is 16.8. The topological polar surface area (TPSA) is 49.7 Å². The Bertz CT molecular complexity index is 80.4. The molecule has 3 heteroatoms. The van der Waals surface area contributed by atoms with Crippen LogP contribution in [0, 0.1) is 0 Å². The summed E-state index contributed by atoms with van der Waals surface area (Å²) in [7, 11) is 0. The maximum atomic E-state index is 8.75. The van der Waals surface area contributed by atoms with Crippen molar-refractivity contribution in [3.05, 3.63) is 12.7 Å². The van der Waals surface area contributed by atoms with E-state index in [0.29, 0.717) is 6.42 Å². The molecule has 0 bridgehead atoms. The molecule has 0 radical (unpaired) electrons. The molecule has 0 aliphatic rings. The van der Waals surface area contributed by atoms with Crippen molar-refractivity contribution >= 4 is 0 Å². The van der Waals surface area contributed by atoms with E-state index in [1.54, 1.807) is 6.92 Å². The van der Waals surface area contributed by atoms with E-state index in [1.807, 2.05) is 0 Å². The summed E-state index contributed by atoms with van der Waals surface area (Å²) >= 11 is 0. The van der Waals surface area contributed by atoms with Crippen molar-refractivity contribution in [2.45, 2.75) is 25.6 Å². The Balaban J connectivity index is 3.42. The van der Waals surface area contributed by atoms with Gasteiger partial charge in [0.1, 0.15) is 6.10 Å². The van der Waals surface area contributed by atoms with Gasteiger partial charge in [-0.1, -0.05) is 6.08 Å². The second-order valence-corrected chi connectivity index (χ2v) is 1.96. The Labute approximate surface area is 54.5 Å². The molecule has 0 aliphatic heterocycles. The molecule has 0 saturated heterocycles. The van der Waals surface area contributed by atoms with Gasteiger partial charge in [-0.2, -0.15) is 0 Å². The van der Waals surface area contributed by atoms with E-state index in [4.69, 9.17) is 10.4 Å². The molecular weight excluding hydrogens is 120 g/mol. The smallest absolute Gasteiger partial charge is 0.113 e. The number of hydrogen-bond acceptors (Lipinski definition) is 3. The van der Waals surface area contributed by atoms with Gasteiger partial charge in [-0.15, -0.1) is 6.58 Å².